The Labute approximate surface area is 130 Å². The van der Waals surface area contributed by atoms with Gasteiger partial charge in [0.1, 0.15) is 0 Å². The van der Waals surface area contributed by atoms with E-state index in [0.717, 1.165) is 5.56 Å². The Morgan fingerprint density at radius 3 is 2.45 bits per heavy atom. The zero-order valence-corrected chi connectivity index (χ0v) is 13.6. The third kappa shape index (κ3) is 5.74. The molecule has 1 rings (SSSR count). The molecular formula is C13H17F3INO2. The lowest BCUT2D eigenvalue weighted by Gasteiger charge is -2.16. The molecule has 0 aliphatic rings. The van der Waals surface area contributed by atoms with Gasteiger partial charge in [-0.05, 0) is 40.3 Å². The summed E-state index contributed by atoms with van der Waals surface area (Å²) >= 11 is 1.94. The van der Waals surface area contributed by atoms with Crippen LogP contribution < -0.4 is 14.8 Å². The van der Waals surface area contributed by atoms with Crippen molar-refractivity contribution in [2.75, 3.05) is 13.7 Å². The summed E-state index contributed by atoms with van der Waals surface area (Å²) in [5.74, 6) is 0.431. The molecule has 0 aromatic heterocycles. The number of ether oxygens (including phenoxy) is 2. The molecule has 0 saturated carbocycles. The highest BCUT2D eigenvalue weighted by Crippen LogP contribution is 2.35. The highest BCUT2D eigenvalue weighted by atomic mass is 127. The van der Waals surface area contributed by atoms with E-state index in [1.165, 1.54) is 7.11 Å². The summed E-state index contributed by atoms with van der Waals surface area (Å²) in [7, 11) is 1.41. The van der Waals surface area contributed by atoms with Gasteiger partial charge < -0.3 is 14.8 Å². The van der Waals surface area contributed by atoms with Crippen LogP contribution in [0.5, 0.6) is 11.5 Å². The van der Waals surface area contributed by atoms with Gasteiger partial charge in [-0.3, -0.25) is 0 Å². The predicted molar refractivity (Wildman–Crippen MR) is 79.2 cm³/mol. The number of hydrogen-bond donors (Lipinski definition) is 1. The van der Waals surface area contributed by atoms with Crippen LogP contribution in [0, 0.1) is 3.57 Å². The monoisotopic (exact) mass is 403 g/mol. The van der Waals surface area contributed by atoms with Crippen LogP contribution in [0.15, 0.2) is 12.1 Å². The summed E-state index contributed by atoms with van der Waals surface area (Å²) in [6, 6.07) is 3.78. The topological polar surface area (TPSA) is 30.5 Å². The van der Waals surface area contributed by atoms with Crippen molar-refractivity contribution in [2.45, 2.75) is 32.6 Å². The van der Waals surface area contributed by atoms with Gasteiger partial charge in [0.25, 0.3) is 0 Å². The van der Waals surface area contributed by atoms with Gasteiger partial charge in [-0.15, -0.1) is 0 Å². The van der Waals surface area contributed by atoms with Crippen molar-refractivity contribution in [3.63, 3.8) is 0 Å². The van der Waals surface area contributed by atoms with E-state index < -0.39 is 12.8 Å². The van der Waals surface area contributed by atoms with E-state index in [-0.39, 0.29) is 5.75 Å². The molecule has 114 valence electrons. The Hall–Kier alpha value is -0.700. The van der Waals surface area contributed by atoms with E-state index in [0.29, 0.717) is 21.9 Å². The number of hydrogen-bond acceptors (Lipinski definition) is 3. The van der Waals surface area contributed by atoms with Crippen LogP contribution >= 0.6 is 22.6 Å². The fourth-order valence-corrected chi connectivity index (χ4v) is 2.31. The standard InChI is InChI=1S/C13H17F3INO2/c1-8(2)18-6-9-4-10(17)12(11(5-9)19-3)20-7-13(14,15)16/h4-5,8,18H,6-7H2,1-3H3. The average molecular weight is 403 g/mol. The smallest absolute Gasteiger partial charge is 0.422 e. The minimum atomic E-state index is -4.37. The van der Waals surface area contributed by atoms with Gasteiger partial charge in [-0.25, -0.2) is 0 Å². The SMILES string of the molecule is COc1cc(CNC(C)C)cc(I)c1OCC(F)(F)F. The normalized spacial score (nSPS) is 11.8. The molecule has 0 fully saturated rings. The first-order chi connectivity index (χ1) is 9.23. The molecule has 0 aliphatic carbocycles. The average Bonchev–Trinajstić information content (AvgIpc) is 2.33. The molecule has 0 radical (unpaired) electrons. The lowest BCUT2D eigenvalue weighted by molar-refractivity contribution is -0.153. The Morgan fingerprint density at radius 2 is 1.95 bits per heavy atom. The molecular weight excluding hydrogens is 386 g/mol. The highest BCUT2D eigenvalue weighted by molar-refractivity contribution is 14.1. The number of nitrogens with one attached hydrogen (secondary N) is 1. The number of halogens is 4. The Bertz CT molecular complexity index is 450. The van der Waals surface area contributed by atoms with Gasteiger partial charge in [-0.2, -0.15) is 13.2 Å². The van der Waals surface area contributed by atoms with Crippen LogP contribution in [-0.4, -0.2) is 25.9 Å². The zero-order valence-electron chi connectivity index (χ0n) is 11.5. The molecule has 0 unspecified atom stereocenters. The molecule has 0 atom stereocenters. The van der Waals surface area contributed by atoms with E-state index in [1.54, 1.807) is 12.1 Å². The van der Waals surface area contributed by atoms with E-state index in [9.17, 15) is 13.2 Å². The van der Waals surface area contributed by atoms with E-state index in [1.807, 2.05) is 36.4 Å². The van der Waals surface area contributed by atoms with E-state index in [2.05, 4.69) is 5.32 Å². The Kier molecular flexibility index (Phi) is 6.38. The second-order valence-electron chi connectivity index (χ2n) is 4.55. The summed E-state index contributed by atoms with van der Waals surface area (Å²) in [5, 5.41) is 3.24. The third-order valence-corrected chi connectivity index (χ3v) is 3.19. The van der Waals surface area contributed by atoms with Crippen LogP contribution in [0.25, 0.3) is 0 Å². The van der Waals surface area contributed by atoms with Gasteiger partial charge in [0.2, 0.25) is 0 Å². The molecule has 1 N–H and O–H groups in total. The van der Waals surface area contributed by atoms with Gasteiger partial charge >= 0.3 is 6.18 Å². The lowest BCUT2D eigenvalue weighted by Crippen LogP contribution is -2.22. The summed E-state index contributed by atoms with van der Waals surface area (Å²) in [6.45, 7) is 3.32. The molecule has 0 saturated heterocycles. The molecule has 0 spiro atoms. The molecule has 0 heterocycles. The molecule has 0 aliphatic heterocycles. The van der Waals surface area contributed by atoms with Crippen molar-refractivity contribution in [1.29, 1.82) is 0 Å². The number of rotatable bonds is 6. The third-order valence-electron chi connectivity index (χ3n) is 2.38. The van der Waals surface area contributed by atoms with Crippen molar-refractivity contribution in [1.82, 2.24) is 5.32 Å². The number of alkyl halides is 3. The summed E-state index contributed by atoms with van der Waals surface area (Å²) in [4.78, 5) is 0. The van der Waals surface area contributed by atoms with Gasteiger partial charge in [0.05, 0.1) is 10.7 Å². The van der Waals surface area contributed by atoms with Crippen molar-refractivity contribution in [3.8, 4) is 11.5 Å². The molecule has 7 heteroatoms. The van der Waals surface area contributed by atoms with Crippen LogP contribution in [0.1, 0.15) is 19.4 Å². The first kappa shape index (κ1) is 17.4. The Balaban J connectivity index is 2.90. The molecule has 3 nitrogen and oxygen atoms in total. The molecule has 20 heavy (non-hydrogen) atoms. The molecule has 0 bridgehead atoms. The molecule has 0 amide bonds. The largest absolute Gasteiger partial charge is 0.493 e. The van der Waals surface area contributed by atoms with Crippen LogP contribution in [-0.2, 0) is 6.54 Å². The fraction of sp³-hybridized carbons (Fsp3) is 0.538. The summed E-state index contributed by atoms with van der Waals surface area (Å²) in [6.07, 6.45) is -4.37. The molecule has 1 aromatic carbocycles. The minimum absolute atomic E-state index is 0.124. The lowest BCUT2D eigenvalue weighted by atomic mass is 10.2. The Morgan fingerprint density at radius 1 is 1.30 bits per heavy atom. The maximum Gasteiger partial charge on any atom is 0.422 e. The van der Waals surface area contributed by atoms with Crippen molar-refractivity contribution >= 4 is 22.6 Å². The maximum absolute atomic E-state index is 12.2. The molecule has 1 aromatic rings. The highest BCUT2D eigenvalue weighted by Gasteiger charge is 2.29. The van der Waals surface area contributed by atoms with Crippen molar-refractivity contribution in [2.24, 2.45) is 0 Å². The zero-order chi connectivity index (χ0) is 15.3. The number of benzene rings is 1. The summed E-state index contributed by atoms with van der Waals surface area (Å²) < 4.78 is 47.2. The van der Waals surface area contributed by atoms with Crippen LogP contribution in [0.4, 0.5) is 13.2 Å². The first-order valence-corrected chi connectivity index (χ1v) is 7.10. The second kappa shape index (κ2) is 7.35. The van der Waals surface area contributed by atoms with Crippen molar-refractivity contribution in [3.05, 3.63) is 21.3 Å². The van der Waals surface area contributed by atoms with Crippen molar-refractivity contribution < 1.29 is 22.6 Å². The van der Waals surface area contributed by atoms with Gasteiger partial charge in [-0.1, -0.05) is 13.8 Å². The quantitative estimate of drug-likeness (QED) is 0.735. The first-order valence-electron chi connectivity index (χ1n) is 6.02. The van der Waals surface area contributed by atoms with E-state index in [4.69, 9.17) is 9.47 Å². The maximum atomic E-state index is 12.2. The van der Waals surface area contributed by atoms with Crippen LogP contribution in [0.3, 0.4) is 0 Å². The van der Waals surface area contributed by atoms with Gasteiger partial charge in [0, 0.05) is 12.6 Å². The van der Waals surface area contributed by atoms with Gasteiger partial charge in [0.15, 0.2) is 18.1 Å². The van der Waals surface area contributed by atoms with E-state index >= 15 is 0 Å². The summed E-state index contributed by atoms with van der Waals surface area (Å²) in [5.41, 5.74) is 0.930. The predicted octanol–water partition coefficient (Wildman–Crippen LogP) is 3.74. The number of methoxy groups -OCH3 is 1. The minimum Gasteiger partial charge on any atom is -0.493 e. The second-order valence-corrected chi connectivity index (χ2v) is 5.71. The fourth-order valence-electron chi connectivity index (χ4n) is 1.49. The van der Waals surface area contributed by atoms with Crippen LogP contribution in [0.2, 0.25) is 0 Å².